The zero-order chi connectivity index (χ0) is 17.7. The molecule has 2 amide bonds. The number of hydrogen-bond acceptors (Lipinski definition) is 5. The van der Waals surface area contributed by atoms with Gasteiger partial charge in [0.25, 0.3) is 0 Å². The lowest BCUT2D eigenvalue weighted by Crippen LogP contribution is -2.35. The SMILES string of the molecule is CNC(=O)CNC(=O)CCc1c(C)c2ccc(OC)cc2oc1=O. The molecule has 0 aliphatic carbocycles. The van der Waals surface area contributed by atoms with Crippen LogP contribution in [0.1, 0.15) is 17.5 Å². The van der Waals surface area contributed by atoms with E-state index >= 15 is 0 Å². The minimum absolute atomic E-state index is 0.0829. The maximum absolute atomic E-state index is 12.2. The van der Waals surface area contributed by atoms with Crippen molar-refractivity contribution in [2.75, 3.05) is 20.7 Å². The van der Waals surface area contributed by atoms with E-state index < -0.39 is 5.63 Å². The molecule has 0 spiro atoms. The molecule has 2 rings (SSSR count). The van der Waals surface area contributed by atoms with Gasteiger partial charge < -0.3 is 19.8 Å². The second kappa shape index (κ2) is 7.63. The number of hydrogen-bond donors (Lipinski definition) is 2. The highest BCUT2D eigenvalue weighted by Crippen LogP contribution is 2.24. The van der Waals surface area contributed by atoms with E-state index in [-0.39, 0.29) is 31.2 Å². The lowest BCUT2D eigenvalue weighted by Gasteiger charge is -2.09. The average Bonchev–Trinajstić information content (AvgIpc) is 2.58. The summed E-state index contributed by atoms with van der Waals surface area (Å²) < 4.78 is 10.5. The van der Waals surface area contributed by atoms with E-state index in [9.17, 15) is 14.4 Å². The normalized spacial score (nSPS) is 10.5. The molecule has 2 N–H and O–H groups in total. The van der Waals surface area contributed by atoms with Gasteiger partial charge in [-0.05, 0) is 31.0 Å². The van der Waals surface area contributed by atoms with E-state index in [1.54, 1.807) is 12.1 Å². The monoisotopic (exact) mass is 332 g/mol. The summed E-state index contributed by atoms with van der Waals surface area (Å²) in [7, 11) is 3.03. The highest BCUT2D eigenvalue weighted by molar-refractivity contribution is 5.85. The standard InChI is InChI=1S/C17H20N2O5/c1-10-12-5-4-11(23-3)8-14(12)24-17(22)13(10)6-7-15(20)19-9-16(21)18-2/h4-5,8H,6-7,9H2,1-3H3,(H,18,21)(H,19,20). The Labute approximate surface area is 139 Å². The summed E-state index contributed by atoms with van der Waals surface area (Å²) in [5, 5.41) is 5.71. The van der Waals surface area contributed by atoms with Crippen LogP contribution in [-0.2, 0) is 16.0 Å². The predicted octanol–water partition coefficient (Wildman–Crippen LogP) is 0.905. The Morgan fingerprint density at radius 2 is 2.00 bits per heavy atom. The van der Waals surface area contributed by atoms with Crippen LogP contribution >= 0.6 is 0 Å². The fourth-order valence-corrected chi connectivity index (χ4v) is 2.38. The van der Waals surface area contributed by atoms with Crippen LogP contribution in [0.25, 0.3) is 11.0 Å². The van der Waals surface area contributed by atoms with Gasteiger partial charge in [0.1, 0.15) is 11.3 Å². The number of nitrogens with one attached hydrogen (secondary N) is 2. The molecule has 0 saturated carbocycles. The van der Waals surface area contributed by atoms with Gasteiger partial charge in [-0.1, -0.05) is 0 Å². The van der Waals surface area contributed by atoms with Crippen molar-refractivity contribution in [3.8, 4) is 5.75 Å². The van der Waals surface area contributed by atoms with Gasteiger partial charge in [-0.3, -0.25) is 9.59 Å². The van der Waals surface area contributed by atoms with Gasteiger partial charge in [0, 0.05) is 30.5 Å². The largest absolute Gasteiger partial charge is 0.497 e. The van der Waals surface area contributed by atoms with Crippen molar-refractivity contribution < 1.29 is 18.7 Å². The van der Waals surface area contributed by atoms with E-state index in [1.165, 1.54) is 14.2 Å². The van der Waals surface area contributed by atoms with Gasteiger partial charge in [-0.2, -0.15) is 0 Å². The van der Waals surface area contributed by atoms with E-state index in [0.717, 1.165) is 10.9 Å². The van der Waals surface area contributed by atoms with Crippen molar-refractivity contribution >= 4 is 22.8 Å². The number of carbonyl (C=O) groups is 2. The van der Waals surface area contributed by atoms with Crippen LogP contribution in [0.2, 0.25) is 0 Å². The summed E-state index contributed by atoms with van der Waals surface area (Å²) in [5.41, 5.74) is 1.22. The second-order valence-corrected chi connectivity index (χ2v) is 5.31. The number of fused-ring (bicyclic) bond motifs is 1. The third-order valence-electron chi connectivity index (χ3n) is 3.82. The molecule has 0 fully saturated rings. The maximum Gasteiger partial charge on any atom is 0.339 e. The van der Waals surface area contributed by atoms with Crippen molar-refractivity contribution in [2.45, 2.75) is 19.8 Å². The smallest absolute Gasteiger partial charge is 0.339 e. The van der Waals surface area contributed by atoms with Crippen molar-refractivity contribution in [1.29, 1.82) is 0 Å². The van der Waals surface area contributed by atoms with Crippen LogP contribution in [0, 0.1) is 6.92 Å². The van der Waals surface area contributed by atoms with Crippen molar-refractivity contribution in [1.82, 2.24) is 10.6 Å². The Balaban J connectivity index is 2.16. The molecule has 0 unspecified atom stereocenters. The quantitative estimate of drug-likeness (QED) is 0.766. The summed E-state index contributed by atoms with van der Waals surface area (Å²) in [4.78, 5) is 35.0. The molecule has 0 radical (unpaired) electrons. The van der Waals surface area contributed by atoms with Gasteiger partial charge in [0.05, 0.1) is 13.7 Å². The molecule has 0 saturated heterocycles. The van der Waals surface area contributed by atoms with E-state index in [1.807, 2.05) is 13.0 Å². The zero-order valence-electron chi connectivity index (χ0n) is 13.9. The van der Waals surface area contributed by atoms with Gasteiger partial charge >= 0.3 is 5.63 Å². The fraction of sp³-hybridized carbons (Fsp3) is 0.353. The molecule has 128 valence electrons. The first kappa shape index (κ1) is 17.5. The highest BCUT2D eigenvalue weighted by Gasteiger charge is 2.14. The molecule has 2 aromatic rings. The third-order valence-corrected chi connectivity index (χ3v) is 3.82. The summed E-state index contributed by atoms with van der Waals surface area (Å²) in [6.45, 7) is 1.74. The maximum atomic E-state index is 12.2. The van der Waals surface area contributed by atoms with Crippen LogP contribution in [0.3, 0.4) is 0 Å². The van der Waals surface area contributed by atoms with Crippen LogP contribution in [0.5, 0.6) is 5.75 Å². The first-order valence-corrected chi connectivity index (χ1v) is 7.54. The number of methoxy groups -OCH3 is 1. The second-order valence-electron chi connectivity index (χ2n) is 5.31. The van der Waals surface area contributed by atoms with Crippen LogP contribution in [0.15, 0.2) is 27.4 Å². The molecule has 7 heteroatoms. The number of ether oxygens (including phenoxy) is 1. The molecular formula is C17H20N2O5. The summed E-state index contributed by atoms with van der Waals surface area (Å²) in [6, 6.07) is 5.26. The summed E-state index contributed by atoms with van der Waals surface area (Å²) >= 11 is 0. The Kier molecular flexibility index (Phi) is 5.57. The molecule has 0 atom stereocenters. The zero-order valence-corrected chi connectivity index (χ0v) is 13.9. The molecular weight excluding hydrogens is 312 g/mol. The first-order valence-electron chi connectivity index (χ1n) is 7.54. The topological polar surface area (TPSA) is 97.6 Å². The Hall–Kier alpha value is -2.83. The van der Waals surface area contributed by atoms with Crippen LogP contribution in [-0.4, -0.2) is 32.5 Å². The van der Waals surface area contributed by atoms with Gasteiger partial charge in [0.2, 0.25) is 11.8 Å². The van der Waals surface area contributed by atoms with Gasteiger partial charge in [-0.25, -0.2) is 4.79 Å². The fourth-order valence-electron chi connectivity index (χ4n) is 2.38. The molecule has 1 aromatic heterocycles. The molecule has 0 aliphatic rings. The van der Waals surface area contributed by atoms with Crippen molar-refractivity contribution in [3.63, 3.8) is 0 Å². The Morgan fingerprint density at radius 3 is 2.67 bits per heavy atom. The van der Waals surface area contributed by atoms with E-state index in [2.05, 4.69) is 10.6 Å². The Morgan fingerprint density at radius 1 is 1.25 bits per heavy atom. The summed E-state index contributed by atoms with van der Waals surface area (Å²) in [6.07, 6.45) is 0.347. The van der Waals surface area contributed by atoms with E-state index in [4.69, 9.17) is 9.15 Å². The number of aryl methyl sites for hydroxylation is 1. The predicted molar refractivity (Wildman–Crippen MR) is 89.2 cm³/mol. The molecule has 24 heavy (non-hydrogen) atoms. The Bertz CT molecular complexity index is 826. The summed E-state index contributed by atoms with van der Waals surface area (Å²) in [5.74, 6) is 0.0253. The third kappa shape index (κ3) is 3.92. The molecule has 0 bridgehead atoms. The van der Waals surface area contributed by atoms with Crippen LogP contribution in [0.4, 0.5) is 0 Å². The highest BCUT2D eigenvalue weighted by atomic mass is 16.5. The van der Waals surface area contributed by atoms with Crippen molar-refractivity contribution in [3.05, 3.63) is 39.7 Å². The minimum atomic E-state index is -0.465. The van der Waals surface area contributed by atoms with E-state index in [0.29, 0.717) is 16.9 Å². The van der Waals surface area contributed by atoms with Crippen molar-refractivity contribution in [2.24, 2.45) is 0 Å². The number of amides is 2. The van der Waals surface area contributed by atoms with Gasteiger partial charge in [-0.15, -0.1) is 0 Å². The number of carbonyl (C=O) groups excluding carboxylic acids is 2. The molecule has 1 heterocycles. The van der Waals surface area contributed by atoms with Crippen LogP contribution < -0.4 is 21.0 Å². The number of benzene rings is 1. The lowest BCUT2D eigenvalue weighted by molar-refractivity contribution is -0.125. The number of likely N-dealkylation sites (N-methyl/N-ethyl adjacent to an activating group) is 1. The first-order chi connectivity index (χ1) is 11.5. The molecule has 0 aliphatic heterocycles. The number of rotatable bonds is 6. The average molecular weight is 332 g/mol. The molecule has 1 aromatic carbocycles. The minimum Gasteiger partial charge on any atom is -0.497 e. The molecule has 7 nitrogen and oxygen atoms in total. The lowest BCUT2D eigenvalue weighted by atomic mass is 10.0. The van der Waals surface area contributed by atoms with Gasteiger partial charge in [0.15, 0.2) is 0 Å².